The van der Waals surface area contributed by atoms with Crippen LogP contribution in [0.5, 0.6) is 0 Å². The van der Waals surface area contributed by atoms with Gasteiger partial charge in [-0.15, -0.1) is 0 Å². The van der Waals surface area contributed by atoms with Gasteiger partial charge in [0.2, 0.25) is 0 Å². The summed E-state index contributed by atoms with van der Waals surface area (Å²) < 4.78 is 5.41. The summed E-state index contributed by atoms with van der Waals surface area (Å²) >= 11 is 9.83. The quantitative estimate of drug-likeness (QED) is 0.689. The van der Waals surface area contributed by atoms with E-state index >= 15 is 0 Å². The Labute approximate surface area is 133 Å². The van der Waals surface area contributed by atoms with Crippen LogP contribution in [0.25, 0.3) is 0 Å². The van der Waals surface area contributed by atoms with Crippen LogP contribution in [-0.2, 0) is 23.0 Å². The highest BCUT2D eigenvalue weighted by atomic mass is 79.9. The Morgan fingerprint density at radius 3 is 2.75 bits per heavy atom. The molecule has 0 saturated heterocycles. The van der Waals surface area contributed by atoms with E-state index in [1.54, 1.807) is 4.90 Å². The SMILES string of the molecule is CC(C)(C)OC(=O)N1CCc2c(ccc(CBr)c2Cl)C1. The van der Waals surface area contributed by atoms with E-state index in [-0.39, 0.29) is 6.09 Å². The minimum Gasteiger partial charge on any atom is -0.444 e. The van der Waals surface area contributed by atoms with E-state index in [0.29, 0.717) is 13.1 Å². The lowest BCUT2D eigenvalue weighted by atomic mass is 9.98. The number of carbonyl (C=O) groups excluding carboxylic acids is 1. The Balaban J connectivity index is 2.16. The third-order valence-electron chi connectivity index (χ3n) is 3.21. The topological polar surface area (TPSA) is 29.5 Å². The van der Waals surface area contributed by atoms with Crippen LogP contribution in [0.4, 0.5) is 4.79 Å². The van der Waals surface area contributed by atoms with Gasteiger partial charge in [-0.2, -0.15) is 0 Å². The predicted molar refractivity (Wildman–Crippen MR) is 84.4 cm³/mol. The molecule has 3 nitrogen and oxygen atoms in total. The summed E-state index contributed by atoms with van der Waals surface area (Å²) in [6.45, 7) is 6.84. The van der Waals surface area contributed by atoms with Crippen molar-refractivity contribution in [2.75, 3.05) is 6.54 Å². The highest BCUT2D eigenvalue weighted by Gasteiger charge is 2.27. The van der Waals surface area contributed by atoms with E-state index in [0.717, 1.165) is 33.5 Å². The van der Waals surface area contributed by atoms with Crippen molar-refractivity contribution in [2.45, 2.75) is 44.7 Å². The number of carbonyl (C=O) groups is 1. The molecule has 0 fully saturated rings. The molecule has 0 saturated carbocycles. The summed E-state index contributed by atoms with van der Waals surface area (Å²) in [7, 11) is 0. The van der Waals surface area contributed by atoms with Crippen molar-refractivity contribution in [1.82, 2.24) is 4.90 Å². The summed E-state index contributed by atoms with van der Waals surface area (Å²) in [6, 6.07) is 4.06. The van der Waals surface area contributed by atoms with Gasteiger partial charge in [0.25, 0.3) is 0 Å². The lowest BCUT2D eigenvalue weighted by Gasteiger charge is -2.31. The van der Waals surface area contributed by atoms with Gasteiger partial charge in [0, 0.05) is 23.4 Å². The van der Waals surface area contributed by atoms with E-state index in [4.69, 9.17) is 16.3 Å². The van der Waals surface area contributed by atoms with Crippen molar-refractivity contribution < 1.29 is 9.53 Å². The molecule has 20 heavy (non-hydrogen) atoms. The molecule has 110 valence electrons. The van der Waals surface area contributed by atoms with Crippen LogP contribution in [-0.4, -0.2) is 23.1 Å². The van der Waals surface area contributed by atoms with Crippen LogP contribution in [0.3, 0.4) is 0 Å². The average Bonchev–Trinajstić information content (AvgIpc) is 2.37. The zero-order valence-electron chi connectivity index (χ0n) is 12.0. The van der Waals surface area contributed by atoms with Crippen LogP contribution in [0.1, 0.15) is 37.5 Å². The first-order chi connectivity index (χ1) is 9.31. The Bertz CT molecular complexity index is 525. The summed E-state index contributed by atoms with van der Waals surface area (Å²) in [5.74, 6) is 0. The summed E-state index contributed by atoms with van der Waals surface area (Å²) in [5, 5.41) is 1.57. The molecule has 0 bridgehead atoms. The number of halogens is 2. The van der Waals surface area contributed by atoms with Crippen molar-refractivity contribution in [3.63, 3.8) is 0 Å². The van der Waals surface area contributed by atoms with Gasteiger partial charge in [0.15, 0.2) is 0 Å². The molecule has 0 unspecified atom stereocenters. The fourth-order valence-corrected chi connectivity index (χ4v) is 3.22. The fourth-order valence-electron chi connectivity index (χ4n) is 2.25. The molecule has 0 aliphatic carbocycles. The smallest absolute Gasteiger partial charge is 0.410 e. The summed E-state index contributed by atoms with van der Waals surface area (Å²) in [5.41, 5.74) is 2.89. The van der Waals surface area contributed by atoms with E-state index in [9.17, 15) is 4.79 Å². The normalized spacial score (nSPS) is 14.9. The molecule has 1 aliphatic heterocycles. The van der Waals surface area contributed by atoms with E-state index < -0.39 is 5.60 Å². The molecular formula is C15H19BrClNO2. The number of alkyl halides is 1. The molecule has 0 N–H and O–H groups in total. The third-order valence-corrected chi connectivity index (χ3v) is 4.28. The molecular weight excluding hydrogens is 342 g/mol. The maximum atomic E-state index is 12.1. The van der Waals surface area contributed by atoms with E-state index in [1.165, 1.54) is 0 Å². The zero-order chi connectivity index (χ0) is 14.9. The van der Waals surface area contributed by atoms with Gasteiger partial charge in [0.05, 0.1) is 0 Å². The van der Waals surface area contributed by atoms with Crippen LogP contribution < -0.4 is 0 Å². The minimum atomic E-state index is -0.463. The molecule has 1 aromatic rings. The maximum Gasteiger partial charge on any atom is 0.410 e. The number of nitrogens with zero attached hydrogens (tertiary/aromatic N) is 1. The van der Waals surface area contributed by atoms with Crippen molar-refractivity contribution in [1.29, 1.82) is 0 Å². The van der Waals surface area contributed by atoms with Crippen LogP contribution in [0.2, 0.25) is 5.02 Å². The van der Waals surface area contributed by atoms with Crippen molar-refractivity contribution in [3.8, 4) is 0 Å². The molecule has 2 rings (SSSR count). The zero-order valence-corrected chi connectivity index (χ0v) is 14.3. The van der Waals surface area contributed by atoms with Gasteiger partial charge >= 0.3 is 6.09 Å². The van der Waals surface area contributed by atoms with Gasteiger partial charge in [-0.05, 0) is 43.9 Å². The monoisotopic (exact) mass is 359 g/mol. The molecule has 5 heteroatoms. The first-order valence-electron chi connectivity index (χ1n) is 6.65. The molecule has 0 spiro atoms. The highest BCUT2D eigenvalue weighted by Crippen LogP contribution is 2.31. The number of hydrogen-bond donors (Lipinski definition) is 0. The molecule has 1 aromatic carbocycles. The minimum absolute atomic E-state index is 0.260. The maximum absolute atomic E-state index is 12.1. The van der Waals surface area contributed by atoms with Crippen molar-refractivity contribution in [3.05, 3.63) is 33.8 Å². The molecule has 0 aromatic heterocycles. The number of fused-ring (bicyclic) bond motifs is 1. The Kier molecular flexibility index (Phi) is 4.65. The van der Waals surface area contributed by atoms with Gasteiger partial charge in [0.1, 0.15) is 5.60 Å². The molecule has 0 atom stereocenters. The third kappa shape index (κ3) is 3.47. The molecule has 0 radical (unpaired) electrons. The lowest BCUT2D eigenvalue weighted by molar-refractivity contribution is 0.0224. The van der Waals surface area contributed by atoms with E-state index in [2.05, 4.69) is 15.9 Å². The Morgan fingerprint density at radius 2 is 2.15 bits per heavy atom. The number of hydrogen-bond acceptors (Lipinski definition) is 2. The largest absolute Gasteiger partial charge is 0.444 e. The number of amides is 1. The van der Waals surface area contributed by atoms with E-state index in [1.807, 2.05) is 32.9 Å². The second-order valence-corrected chi connectivity index (χ2v) is 6.90. The van der Waals surface area contributed by atoms with Crippen LogP contribution in [0.15, 0.2) is 12.1 Å². The van der Waals surface area contributed by atoms with Gasteiger partial charge < -0.3 is 9.64 Å². The molecule has 1 heterocycles. The highest BCUT2D eigenvalue weighted by molar-refractivity contribution is 9.08. The first-order valence-corrected chi connectivity index (χ1v) is 8.15. The predicted octanol–water partition coefficient (Wildman–Crippen LogP) is 4.53. The van der Waals surface area contributed by atoms with Gasteiger partial charge in [-0.25, -0.2) is 4.79 Å². The average molecular weight is 361 g/mol. The second-order valence-electron chi connectivity index (χ2n) is 5.96. The Morgan fingerprint density at radius 1 is 1.45 bits per heavy atom. The summed E-state index contributed by atoms with van der Waals surface area (Å²) in [4.78, 5) is 13.8. The Hall–Kier alpha value is -0.740. The summed E-state index contributed by atoms with van der Waals surface area (Å²) in [6.07, 6.45) is 0.512. The van der Waals surface area contributed by atoms with Crippen LogP contribution >= 0.6 is 27.5 Å². The fraction of sp³-hybridized carbons (Fsp3) is 0.533. The van der Waals surface area contributed by atoms with Crippen LogP contribution in [0, 0.1) is 0 Å². The van der Waals surface area contributed by atoms with Gasteiger partial charge in [-0.1, -0.05) is 39.7 Å². The molecule has 1 amide bonds. The standard InChI is InChI=1S/C15H19BrClNO2/c1-15(2,3)20-14(19)18-7-6-12-11(9-18)5-4-10(8-16)13(12)17/h4-5H,6-9H2,1-3H3. The number of ether oxygens (including phenoxy) is 1. The van der Waals surface area contributed by atoms with Crippen molar-refractivity contribution in [2.24, 2.45) is 0 Å². The second kappa shape index (κ2) is 5.94. The first kappa shape index (κ1) is 15.6. The molecule has 1 aliphatic rings. The van der Waals surface area contributed by atoms with Crippen molar-refractivity contribution >= 4 is 33.6 Å². The number of rotatable bonds is 1. The number of benzene rings is 1. The van der Waals surface area contributed by atoms with Gasteiger partial charge in [-0.3, -0.25) is 0 Å². The lowest BCUT2D eigenvalue weighted by Crippen LogP contribution is -2.40.